The summed E-state index contributed by atoms with van der Waals surface area (Å²) in [5, 5.41) is 8.79. The predicted octanol–water partition coefficient (Wildman–Crippen LogP) is 7.75. The highest BCUT2D eigenvalue weighted by Crippen LogP contribution is 2.42. The van der Waals surface area contributed by atoms with E-state index in [9.17, 15) is 9.18 Å². The van der Waals surface area contributed by atoms with Crippen LogP contribution in [0.3, 0.4) is 0 Å². The maximum Gasteiger partial charge on any atom is 0.303 e. The molecule has 0 aliphatic rings. The van der Waals surface area contributed by atoms with Gasteiger partial charge < -0.3 is 19.3 Å². The Morgan fingerprint density at radius 2 is 1.74 bits per heavy atom. The number of unbranched alkanes of at least 4 members (excludes halogenated alkanes) is 1. The van der Waals surface area contributed by atoms with Crippen molar-refractivity contribution in [3.05, 3.63) is 82.9 Å². The molecule has 0 heterocycles. The Labute approximate surface area is 223 Å². The molecule has 0 aliphatic heterocycles. The van der Waals surface area contributed by atoms with Crippen LogP contribution in [0.25, 0.3) is 11.1 Å². The quantitative estimate of drug-likeness (QED) is 0.245. The summed E-state index contributed by atoms with van der Waals surface area (Å²) in [7, 11) is 3.16. The Kier molecular flexibility index (Phi) is 9.86. The van der Waals surface area contributed by atoms with E-state index in [0.717, 1.165) is 11.1 Å². The van der Waals surface area contributed by atoms with Crippen LogP contribution in [0.15, 0.2) is 54.6 Å². The third kappa shape index (κ3) is 7.32. The lowest BCUT2D eigenvalue weighted by Crippen LogP contribution is -2.21. The molecule has 0 fully saturated rings. The smallest absolute Gasteiger partial charge is 0.303 e. The molecule has 0 saturated heterocycles. The second-order valence-corrected chi connectivity index (χ2v) is 10.4. The first kappa shape index (κ1) is 29.1. The highest BCUT2D eigenvalue weighted by Gasteiger charge is 2.29. The third-order valence-corrected chi connectivity index (χ3v) is 6.41. The van der Waals surface area contributed by atoms with Crippen molar-refractivity contribution in [2.24, 2.45) is 5.41 Å². The van der Waals surface area contributed by atoms with E-state index in [2.05, 4.69) is 0 Å². The number of carboxylic acids is 1. The fourth-order valence-electron chi connectivity index (χ4n) is 4.56. The highest BCUT2D eigenvalue weighted by atomic mass is 19.1. The standard InChI is InChI=1S/C31H36F2O5/c1-31(2,3)30(37-5)25-17-20(13-15-23(25)24-18-22(36-4)14-16-26(24)32)19-38-27-11-8-10-21(29(27)33)9-6-7-12-28(34)35/h8,10-11,13-18,30H,6-7,9,12,19H2,1-5H3,(H,34,35)/t30-/m0/s1. The molecule has 1 atom stereocenters. The molecule has 0 aliphatic carbocycles. The lowest BCUT2D eigenvalue weighted by molar-refractivity contribution is -0.137. The van der Waals surface area contributed by atoms with E-state index >= 15 is 4.39 Å². The number of rotatable bonds is 12. The van der Waals surface area contributed by atoms with Gasteiger partial charge in [0.1, 0.15) is 18.2 Å². The number of carbonyl (C=O) groups is 1. The van der Waals surface area contributed by atoms with Crippen LogP contribution in [0.1, 0.15) is 62.8 Å². The maximum atomic E-state index is 15.1. The normalized spacial score (nSPS) is 12.3. The summed E-state index contributed by atoms with van der Waals surface area (Å²) in [4.78, 5) is 10.7. The van der Waals surface area contributed by atoms with Crippen LogP contribution < -0.4 is 9.47 Å². The molecule has 5 nitrogen and oxygen atoms in total. The lowest BCUT2D eigenvalue weighted by atomic mass is 9.81. The minimum absolute atomic E-state index is 0.0623. The van der Waals surface area contributed by atoms with E-state index in [-0.39, 0.29) is 36.1 Å². The Morgan fingerprint density at radius 1 is 0.974 bits per heavy atom. The van der Waals surface area contributed by atoms with Crippen molar-refractivity contribution < 1.29 is 32.9 Å². The number of halogens is 2. The zero-order valence-corrected chi connectivity index (χ0v) is 22.6. The van der Waals surface area contributed by atoms with Gasteiger partial charge in [-0.15, -0.1) is 0 Å². The Morgan fingerprint density at radius 3 is 2.39 bits per heavy atom. The molecule has 3 rings (SSSR count). The van der Waals surface area contributed by atoms with Crippen molar-refractivity contribution in [2.45, 2.75) is 59.2 Å². The average molecular weight is 527 g/mol. The molecule has 204 valence electrons. The molecule has 3 aromatic rings. The molecule has 0 radical (unpaired) electrons. The largest absolute Gasteiger partial charge is 0.497 e. The van der Waals surface area contributed by atoms with Crippen LogP contribution in [-0.2, 0) is 22.6 Å². The highest BCUT2D eigenvalue weighted by molar-refractivity contribution is 5.70. The maximum absolute atomic E-state index is 15.1. The van der Waals surface area contributed by atoms with Crippen LogP contribution in [0.4, 0.5) is 8.78 Å². The van der Waals surface area contributed by atoms with E-state index in [1.807, 2.05) is 39.0 Å². The fourth-order valence-corrected chi connectivity index (χ4v) is 4.56. The fraction of sp³-hybridized carbons (Fsp3) is 0.387. The number of benzene rings is 3. The van der Waals surface area contributed by atoms with Crippen LogP contribution in [0.2, 0.25) is 0 Å². The van der Waals surface area contributed by atoms with Crippen molar-refractivity contribution in [3.8, 4) is 22.6 Å². The van der Waals surface area contributed by atoms with Crippen molar-refractivity contribution in [1.82, 2.24) is 0 Å². The van der Waals surface area contributed by atoms with Gasteiger partial charge in [-0.1, -0.05) is 45.0 Å². The second kappa shape index (κ2) is 12.9. The molecular weight excluding hydrogens is 490 g/mol. The SMILES string of the molecule is COc1ccc(F)c(-c2ccc(COc3cccc(CCCCC(=O)O)c3F)cc2[C@H](OC)C(C)(C)C)c1. The molecule has 3 aromatic carbocycles. The molecule has 38 heavy (non-hydrogen) atoms. The van der Waals surface area contributed by atoms with E-state index in [1.165, 1.54) is 13.2 Å². The van der Waals surface area contributed by atoms with Crippen molar-refractivity contribution in [1.29, 1.82) is 0 Å². The van der Waals surface area contributed by atoms with Crippen LogP contribution >= 0.6 is 0 Å². The number of methoxy groups -OCH3 is 2. The number of aryl methyl sites for hydroxylation is 1. The first-order valence-electron chi connectivity index (χ1n) is 12.7. The first-order chi connectivity index (χ1) is 18.0. The van der Waals surface area contributed by atoms with E-state index < -0.39 is 11.8 Å². The lowest BCUT2D eigenvalue weighted by Gasteiger charge is -2.32. The second-order valence-electron chi connectivity index (χ2n) is 10.4. The van der Waals surface area contributed by atoms with Gasteiger partial charge in [-0.2, -0.15) is 0 Å². The van der Waals surface area contributed by atoms with Gasteiger partial charge in [0.05, 0.1) is 13.2 Å². The Hall–Kier alpha value is -3.45. The molecule has 1 N–H and O–H groups in total. The number of ether oxygens (including phenoxy) is 3. The first-order valence-corrected chi connectivity index (χ1v) is 12.7. The van der Waals surface area contributed by atoms with Gasteiger partial charge in [0.15, 0.2) is 11.6 Å². The minimum Gasteiger partial charge on any atom is -0.497 e. The summed E-state index contributed by atoms with van der Waals surface area (Å²) in [5.74, 6) is -0.999. The van der Waals surface area contributed by atoms with Crippen molar-refractivity contribution in [3.63, 3.8) is 0 Å². The Bertz CT molecular complexity index is 1250. The van der Waals surface area contributed by atoms with Gasteiger partial charge in [0.25, 0.3) is 0 Å². The van der Waals surface area contributed by atoms with E-state index in [1.54, 1.807) is 37.4 Å². The van der Waals surface area contributed by atoms with Crippen molar-refractivity contribution in [2.75, 3.05) is 14.2 Å². The van der Waals surface area contributed by atoms with Crippen LogP contribution in [0, 0.1) is 17.0 Å². The monoisotopic (exact) mass is 526 g/mol. The summed E-state index contributed by atoms with van der Waals surface area (Å²) < 4.78 is 47.1. The molecule has 0 unspecified atom stereocenters. The van der Waals surface area contributed by atoms with Crippen LogP contribution in [-0.4, -0.2) is 25.3 Å². The van der Waals surface area contributed by atoms with E-state index in [0.29, 0.717) is 41.7 Å². The van der Waals surface area contributed by atoms with Gasteiger partial charge in [-0.25, -0.2) is 8.78 Å². The molecule has 0 spiro atoms. The zero-order chi connectivity index (χ0) is 27.9. The van der Waals surface area contributed by atoms with Gasteiger partial charge in [0, 0.05) is 19.1 Å². The average Bonchev–Trinajstić information content (AvgIpc) is 2.87. The predicted molar refractivity (Wildman–Crippen MR) is 144 cm³/mol. The number of hydrogen-bond donors (Lipinski definition) is 1. The Balaban J connectivity index is 1.90. The molecule has 7 heteroatoms. The molecule has 0 bridgehead atoms. The number of carboxylic acid groups (broad SMARTS) is 1. The van der Waals surface area contributed by atoms with Gasteiger partial charge >= 0.3 is 5.97 Å². The molecule has 0 amide bonds. The number of hydrogen-bond acceptors (Lipinski definition) is 4. The summed E-state index contributed by atoms with van der Waals surface area (Å²) in [6.45, 7) is 6.25. The summed E-state index contributed by atoms with van der Waals surface area (Å²) in [5.41, 5.74) is 2.86. The summed E-state index contributed by atoms with van der Waals surface area (Å²) in [6, 6.07) is 15.2. The zero-order valence-electron chi connectivity index (χ0n) is 22.6. The minimum atomic E-state index is -0.857. The number of aliphatic carboxylic acids is 1. The third-order valence-electron chi connectivity index (χ3n) is 6.41. The molecule has 0 saturated carbocycles. The van der Waals surface area contributed by atoms with Gasteiger partial charge in [-0.05, 0) is 77.3 Å². The van der Waals surface area contributed by atoms with Gasteiger partial charge in [-0.3, -0.25) is 4.79 Å². The molecular formula is C31H36F2O5. The van der Waals surface area contributed by atoms with Crippen LogP contribution in [0.5, 0.6) is 11.5 Å². The molecule has 0 aromatic heterocycles. The topological polar surface area (TPSA) is 65.0 Å². The summed E-state index contributed by atoms with van der Waals surface area (Å²) >= 11 is 0. The van der Waals surface area contributed by atoms with Crippen molar-refractivity contribution >= 4 is 5.97 Å². The summed E-state index contributed by atoms with van der Waals surface area (Å²) in [6.07, 6.45) is 1.20. The van der Waals surface area contributed by atoms with E-state index in [4.69, 9.17) is 19.3 Å². The van der Waals surface area contributed by atoms with Gasteiger partial charge in [0.2, 0.25) is 0 Å².